The number of methoxy groups -OCH3 is 1. The maximum Gasteiger partial charge on any atom is 0.259 e. The molecule has 32 heavy (non-hydrogen) atoms. The summed E-state index contributed by atoms with van der Waals surface area (Å²) in [5, 5.41) is 9.27. The molecule has 2 N–H and O–H groups in total. The van der Waals surface area contributed by atoms with Crippen molar-refractivity contribution in [3.8, 4) is 11.5 Å². The second-order valence-corrected chi connectivity index (χ2v) is 6.94. The zero-order valence-corrected chi connectivity index (χ0v) is 17.6. The van der Waals surface area contributed by atoms with Crippen molar-refractivity contribution in [3.63, 3.8) is 0 Å². The van der Waals surface area contributed by atoms with Gasteiger partial charge in [0.1, 0.15) is 29.6 Å². The molecule has 7 nitrogen and oxygen atoms in total. The second kappa shape index (κ2) is 10.2. The molecule has 0 radical (unpaired) electrons. The van der Waals surface area contributed by atoms with E-state index in [2.05, 4.69) is 15.8 Å². The highest BCUT2D eigenvalue weighted by atomic mass is 16.5. The number of hydrogen-bond acceptors (Lipinski definition) is 6. The first-order valence-electron chi connectivity index (χ1n) is 10.1. The van der Waals surface area contributed by atoms with Crippen molar-refractivity contribution in [1.29, 1.82) is 0 Å². The van der Waals surface area contributed by atoms with E-state index < -0.39 is 0 Å². The molecule has 0 unspecified atom stereocenters. The molecule has 3 aromatic carbocycles. The SMILES string of the molecule is COc1ccc(OCc2ccc(/C=N/NC(=O)CNc3cccc4ccccc34)o2)cc1. The molecule has 1 amide bonds. The minimum absolute atomic E-state index is 0.102. The van der Waals surface area contributed by atoms with Crippen LogP contribution >= 0.6 is 0 Å². The number of nitrogens with one attached hydrogen (secondary N) is 2. The van der Waals surface area contributed by atoms with E-state index in [4.69, 9.17) is 13.9 Å². The van der Waals surface area contributed by atoms with Gasteiger partial charge in [0.15, 0.2) is 0 Å². The van der Waals surface area contributed by atoms with Crippen LogP contribution in [0.4, 0.5) is 5.69 Å². The summed E-state index contributed by atoms with van der Waals surface area (Å²) in [5.74, 6) is 2.38. The van der Waals surface area contributed by atoms with E-state index in [0.717, 1.165) is 22.2 Å². The van der Waals surface area contributed by atoms with E-state index >= 15 is 0 Å². The Morgan fingerprint density at radius 2 is 1.75 bits per heavy atom. The molecule has 0 aliphatic heterocycles. The molecule has 0 saturated heterocycles. The van der Waals surface area contributed by atoms with Crippen LogP contribution in [0.15, 0.2) is 88.4 Å². The Bertz CT molecular complexity index is 1210. The van der Waals surface area contributed by atoms with Gasteiger partial charge in [0.25, 0.3) is 5.91 Å². The van der Waals surface area contributed by atoms with Crippen molar-refractivity contribution in [2.75, 3.05) is 19.0 Å². The quantitative estimate of drug-likeness (QED) is 0.300. The molecule has 0 bridgehead atoms. The van der Waals surface area contributed by atoms with Crippen LogP contribution in [0.1, 0.15) is 11.5 Å². The fourth-order valence-corrected chi connectivity index (χ4v) is 3.13. The Balaban J connectivity index is 1.24. The van der Waals surface area contributed by atoms with Crippen LogP contribution in [0.2, 0.25) is 0 Å². The molecule has 162 valence electrons. The van der Waals surface area contributed by atoms with Gasteiger partial charge in [-0.15, -0.1) is 0 Å². The third-order valence-electron chi connectivity index (χ3n) is 4.73. The van der Waals surface area contributed by atoms with Gasteiger partial charge in [0.2, 0.25) is 0 Å². The minimum Gasteiger partial charge on any atom is -0.497 e. The Kier molecular flexibility index (Phi) is 6.67. The van der Waals surface area contributed by atoms with Gasteiger partial charge in [0.05, 0.1) is 19.9 Å². The van der Waals surface area contributed by atoms with Gasteiger partial charge in [-0.25, -0.2) is 5.43 Å². The summed E-state index contributed by atoms with van der Waals surface area (Å²) in [5.41, 5.74) is 3.39. The van der Waals surface area contributed by atoms with Crippen LogP contribution in [0.25, 0.3) is 10.8 Å². The largest absolute Gasteiger partial charge is 0.497 e. The Labute approximate surface area is 185 Å². The number of hydrogen-bond donors (Lipinski definition) is 2. The maximum absolute atomic E-state index is 12.1. The van der Waals surface area contributed by atoms with Crippen molar-refractivity contribution >= 4 is 28.6 Å². The summed E-state index contributed by atoms with van der Waals surface area (Å²) in [7, 11) is 1.62. The standard InChI is InChI=1S/C25H23N3O4/c1-30-19-9-11-20(12-10-19)31-17-22-14-13-21(32-22)15-27-28-25(29)16-26-24-8-4-6-18-5-2-3-7-23(18)24/h2-15,26H,16-17H2,1H3,(H,28,29)/b27-15+. The number of nitrogens with zero attached hydrogens (tertiary/aromatic N) is 1. The zero-order valence-electron chi connectivity index (χ0n) is 17.6. The van der Waals surface area contributed by atoms with Gasteiger partial charge in [-0.1, -0.05) is 36.4 Å². The Morgan fingerprint density at radius 1 is 0.969 bits per heavy atom. The maximum atomic E-state index is 12.1. The average molecular weight is 429 g/mol. The summed E-state index contributed by atoms with van der Waals surface area (Å²) in [6.45, 7) is 0.381. The van der Waals surface area contributed by atoms with E-state index in [-0.39, 0.29) is 19.1 Å². The summed E-state index contributed by atoms with van der Waals surface area (Å²) < 4.78 is 16.4. The third kappa shape index (κ3) is 5.46. The van der Waals surface area contributed by atoms with Crippen molar-refractivity contribution in [3.05, 3.63) is 90.4 Å². The van der Waals surface area contributed by atoms with Crippen molar-refractivity contribution < 1.29 is 18.7 Å². The molecule has 4 aromatic rings. The summed E-state index contributed by atoms with van der Waals surface area (Å²) in [6.07, 6.45) is 1.45. The Morgan fingerprint density at radius 3 is 2.59 bits per heavy atom. The number of amides is 1. The van der Waals surface area contributed by atoms with E-state index in [1.807, 2.05) is 66.7 Å². The van der Waals surface area contributed by atoms with Crippen molar-refractivity contribution in [1.82, 2.24) is 5.43 Å². The second-order valence-electron chi connectivity index (χ2n) is 6.94. The molecule has 0 fully saturated rings. The van der Waals surface area contributed by atoms with Crippen LogP contribution in [0.5, 0.6) is 11.5 Å². The lowest BCUT2D eigenvalue weighted by molar-refractivity contribution is -0.119. The Hall–Kier alpha value is -4.26. The molecule has 4 rings (SSSR count). The van der Waals surface area contributed by atoms with Crippen molar-refractivity contribution in [2.24, 2.45) is 5.10 Å². The summed E-state index contributed by atoms with van der Waals surface area (Å²) in [6, 6.07) is 24.8. The smallest absolute Gasteiger partial charge is 0.259 e. The molecule has 0 saturated carbocycles. The molecular weight excluding hydrogens is 406 g/mol. The lowest BCUT2D eigenvalue weighted by Crippen LogP contribution is -2.25. The first-order chi connectivity index (χ1) is 15.7. The molecule has 0 atom stereocenters. The summed E-state index contributed by atoms with van der Waals surface area (Å²) in [4.78, 5) is 12.1. The van der Waals surface area contributed by atoms with Crippen LogP contribution in [-0.2, 0) is 11.4 Å². The fraction of sp³-hybridized carbons (Fsp3) is 0.120. The van der Waals surface area contributed by atoms with Gasteiger partial charge in [0, 0.05) is 11.1 Å². The number of carbonyl (C=O) groups is 1. The van der Waals surface area contributed by atoms with E-state index in [1.54, 1.807) is 19.2 Å². The number of benzene rings is 3. The van der Waals surface area contributed by atoms with Gasteiger partial charge < -0.3 is 19.2 Å². The predicted octanol–water partition coefficient (Wildman–Crippen LogP) is 4.58. The highest BCUT2D eigenvalue weighted by Crippen LogP contribution is 2.22. The third-order valence-corrected chi connectivity index (χ3v) is 4.73. The first kappa shape index (κ1) is 21.0. The van der Waals surface area contributed by atoms with E-state index in [9.17, 15) is 4.79 Å². The molecular formula is C25H23N3O4. The monoisotopic (exact) mass is 429 g/mol. The minimum atomic E-state index is -0.260. The van der Waals surface area contributed by atoms with Crippen LogP contribution < -0.4 is 20.2 Å². The first-order valence-corrected chi connectivity index (χ1v) is 10.1. The zero-order chi connectivity index (χ0) is 22.2. The van der Waals surface area contributed by atoms with Gasteiger partial charge in [-0.2, -0.15) is 5.10 Å². The number of furan rings is 1. The van der Waals surface area contributed by atoms with Gasteiger partial charge in [-0.3, -0.25) is 4.79 Å². The van der Waals surface area contributed by atoms with Crippen LogP contribution in [0.3, 0.4) is 0 Å². The average Bonchev–Trinajstić information content (AvgIpc) is 3.29. The van der Waals surface area contributed by atoms with Crippen LogP contribution in [-0.4, -0.2) is 25.8 Å². The van der Waals surface area contributed by atoms with Crippen LogP contribution in [0, 0.1) is 0 Å². The van der Waals surface area contributed by atoms with E-state index in [0.29, 0.717) is 17.3 Å². The molecule has 0 aliphatic carbocycles. The highest BCUT2D eigenvalue weighted by molar-refractivity contribution is 5.95. The lowest BCUT2D eigenvalue weighted by Gasteiger charge is -2.08. The molecule has 7 heteroatoms. The lowest BCUT2D eigenvalue weighted by atomic mass is 10.1. The number of anilines is 1. The highest BCUT2D eigenvalue weighted by Gasteiger charge is 2.05. The van der Waals surface area contributed by atoms with Gasteiger partial charge >= 0.3 is 0 Å². The molecule has 1 aromatic heterocycles. The van der Waals surface area contributed by atoms with Crippen molar-refractivity contribution in [2.45, 2.75) is 6.61 Å². The molecule has 0 aliphatic rings. The molecule has 0 spiro atoms. The number of carbonyl (C=O) groups excluding carboxylic acids is 1. The predicted molar refractivity (Wildman–Crippen MR) is 124 cm³/mol. The number of ether oxygens (including phenoxy) is 2. The number of rotatable bonds is 9. The summed E-state index contributed by atoms with van der Waals surface area (Å²) >= 11 is 0. The number of hydrazone groups is 1. The van der Waals surface area contributed by atoms with Gasteiger partial charge in [-0.05, 0) is 47.9 Å². The normalized spacial score (nSPS) is 10.9. The molecule has 1 heterocycles. The van der Waals surface area contributed by atoms with E-state index in [1.165, 1.54) is 6.21 Å². The fourth-order valence-electron chi connectivity index (χ4n) is 3.13. The topological polar surface area (TPSA) is 85.1 Å². The number of fused-ring (bicyclic) bond motifs is 1.